The van der Waals surface area contributed by atoms with Crippen LogP contribution in [0.3, 0.4) is 0 Å². The molecule has 0 aliphatic heterocycles. The van der Waals surface area contributed by atoms with Crippen LogP contribution in [0.25, 0.3) is 0 Å². The van der Waals surface area contributed by atoms with Crippen LogP contribution in [-0.4, -0.2) is 0 Å². The Hall–Kier alpha value is -2.22. The van der Waals surface area contributed by atoms with E-state index >= 15 is 0 Å². The first-order valence-electron chi connectivity index (χ1n) is 13.3. The predicted molar refractivity (Wildman–Crippen MR) is 139 cm³/mol. The van der Waals surface area contributed by atoms with Crippen molar-refractivity contribution in [1.82, 2.24) is 0 Å². The molecule has 2 unspecified atom stereocenters. The van der Waals surface area contributed by atoms with Crippen molar-refractivity contribution >= 4 is 0 Å². The number of halogens is 2. The maximum absolute atomic E-state index is 14.4. The fourth-order valence-corrected chi connectivity index (χ4v) is 5.85. The van der Waals surface area contributed by atoms with Crippen LogP contribution >= 0.6 is 0 Å². The largest absolute Gasteiger partial charge is 0.203 e. The summed E-state index contributed by atoms with van der Waals surface area (Å²) in [4.78, 5) is 0. The van der Waals surface area contributed by atoms with E-state index in [9.17, 15) is 8.78 Å². The third kappa shape index (κ3) is 5.88. The Morgan fingerprint density at radius 3 is 2.24 bits per heavy atom. The molecule has 0 nitrogen and oxygen atoms in total. The molecule has 0 spiro atoms. The van der Waals surface area contributed by atoms with Crippen LogP contribution in [0.4, 0.5) is 8.78 Å². The minimum atomic E-state index is -0.710. The molecule has 0 radical (unpaired) electrons. The summed E-state index contributed by atoms with van der Waals surface area (Å²) in [5.74, 6) is 0.658. The molecule has 0 saturated heterocycles. The lowest BCUT2D eigenvalue weighted by Gasteiger charge is -2.25. The molecule has 34 heavy (non-hydrogen) atoms. The van der Waals surface area contributed by atoms with Gasteiger partial charge in [0.1, 0.15) is 0 Å². The Bertz CT molecular complexity index is 1020. The molecular formula is C32H40F2. The van der Waals surface area contributed by atoms with E-state index in [1.165, 1.54) is 48.8 Å². The number of aryl methyl sites for hydroxylation is 3. The lowest BCUT2D eigenvalue weighted by Crippen LogP contribution is -2.12. The average Bonchev–Trinajstić information content (AvgIpc) is 2.86. The zero-order valence-corrected chi connectivity index (χ0v) is 21.1. The number of hydrogen-bond acceptors (Lipinski definition) is 0. The second kappa shape index (κ2) is 11.5. The van der Waals surface area contributed by atoms with Crippen molar-refractivity contribution in [2.24, 2.45) is 11.8 Å². The Morgan fingerprint density at radius 2 is 1.56 bits per heavy atom. The lowest BCUT2D eigenvalue weighted by molar-refractivity contribution is 0.303. The first-order chi connectivity index (χ1) is 16.5. The third-order valence-electron chi connectivity index (χ3n) is 8.32. The normalized spacial score (nSPS) is 25.2. The first kappa shape index (κ1) is 24.9. The minimum absolute atomic E-state index is 0.0458. The predicted octanol–water partition coefficient (Wildman–Crippen LogP) is 9.50. The summed E-state index contributed by atoms with van der Waals surface area (Å²) < 4.78 is 28.4. The highest BCUT2D eigenvalue weighted by Crippen LogP contribution is 2.37. The van der Waals surface area contributed by atoms with Crippen molar-refractivity contribution in [2.45, 2.75) is 90.4 Å². The van der Waals surface area contributed by atoms with E-state index in [2.05, 4.69) is 56.4 Å². The second-order valence-electron chi connectivity index (χ2n) is 10.6. The van der Waals surface area contributed by atoms with Gasteiger partial charge in [-0.25, -0.2) is 8.78 Å². The molecule has 2 aliphatic carbocycles. The van der Waals surface area contributed by atoms with Crippen LogP contribution in [0, 0.1) is 37.3 Å². The van der Waals surface area contributed by atoms with Gasteiger partial charge >= 0.3 is 0 Å². The van der Waals surface area contributed by atoms with E-state index < -0.39 is 11.6 Å². The molecule has 182 valence electrons. The van der Waals surface area contributed by atoms with Gasteiger partial charge in [0.2, 0.25) is 0 Å². The van der Waals surface area contributed by atoms with Crippen LogP contribution in [0.5, 0.6) is 0 Å². The van der Waals surface area contributed by atoms with Crippen molar-refractivity contribution in [3.8, 4) is 0 Å². The van der Waals surface area contributed by atoms with Crippen molar-refractivity contribution in [1.29, 1.82) is 0 Å². The molecule has 2 heteroatoms. The van der Waals surface area contributed by atoms with Crippen molar-refractivity contribution < 1.29 is 8.78 Å². The van der Waals surface area contributed by atoms with E-state index in [4.69, 9.17) is 0 Å². The van der Waals surface area contributed by atoms with Gasteiger partial charge in [-0.3, -0.25) is 0 Å². The number of allylic oxidation sites excluding steroid dienone is 4. The van der Waals surface area contributed by atoms with E-state index in [1.807, 2.05) is 0 Å². The topological polar surface area (TPSA) is 0 Å². The molecular weight excluding hydrogens is 422 g/mol. The summed E-state index contributed by atoms with van der Waals surface area (Å²) in [5.41, 5.74) is 4.96. The van der Waals surface area contributed by atoms with Gasteiger partial charge in [-0.2, -0.15) is 0 Å². The fraction of sp³-hybridized carbons (Fsp3) is 0.500. The molecule has 0 aromatic heterocycles. The van der Waals surface area contributed by atoms with E-state index in [-0.39, 0.29) is 5.92 Å². The fourth-order valence-electron chi connectivity index (χ4n) is 5.85. The molecule has 2 aromatic carbocycles. The summed E-state index contributed by atoms with van der Waals surface area (Å²) in [6.45, 7) is 6.15. The molecule has 2 atom stereocenters. The van der Waals surface area contributed by atoms with Gasteiger partial charge in [0.15, 0.2) is 11.6 Å². The van der Waals surface area contributed by atoms with Crippen LogP contribution in [-0.2, 0) is 6.42 Å². The third-order valence-corrected chi connectivity index (χ3v) is 8.32. The Labute approximate surface area is 205 Å². The molecule has 1 saturated carbocycles. The molecule has 0 amide bonds. The Morgan fingerprint density at radius 1 is 0.824 bits per heavy atom. The maximum Gasteiger partial charge on any atom is 0.162 e. The SMILES string of the molecule is CCC1CCC(/C=C/CCc2ccc(C3C=CC(c4ccc(C)c(F)c4F)CC3)cc2C)CC1. The number of hydrogen-bond donors (Lipinski definition) is 0. The zero-order chi connectivity index (χ0) is 24.1. The second-order valence-corrected chi connectivity index (χ2v) is 10.6. The van der Waals surface area contributed by atoms with E-state index in [0.717, 1.165) is 37.5 Å². The monoisotopic (exact) mass is 462 g/mol. The van der Waals surface area contributed by atoms with Crippen LogP contribution in [0.15, 0.2) is 54.6 Å². The first-order valence-corrected chi connectivity index (χ1v) is 13.3. The van der Waals surface area contributed by atoms with E-state index in [0.29, 0.717) is 17.0 Å². The van der Waals surface area contributed by atoms with Gasteiger partial charge in [0, 0.05) is 11.8 Å². The van der Waals surface area contributed by atoms with Gasteiger partial charge < -0.3 is 0 Å². The van der Waals surface area contributed by atoms with Crippen LogP contribution in [0.2, 0.25) is 0 Å². The molecule has 0 bridgehead atoms. The van der Waals surface area contributed by atoms with Crippen molar-refractivity contribution in [3.63, 3.8) is 0 Å². The minimum Gasteiger partial charge on any atom is -0.203 e. The summed E-state index contributed by atoms with van der Waals surface area (Å²) in [5, 5.41) is 0. The lowest BCUT2D eigenvalue weighted by atomic mass is 9.80. The zero-order valence-electron chi connectivity index (χ0n) is 21.1. The smallest absolute Gasteiger partial charge is 0.162 e. The van der Waals surface area contributed by atoms with Crippen LogP contribution in [0.1, 0.15) is 97.9 Å². The number of benzene rings is 2. The molecule has 0 heterocycles. The van der Waals surface area contributed by atoms with Gasteiger partial charge in [-0.15, -0.1) is 0 Å². The van der Waals surface area contributed by atoms with Gasteiger partial charge in [-0.1, -0.05) is 68.0 Å². The van der Waals surface area contributed by atoms with Crippen molar-refractivity contribution in [2.75, 3.05) is 0 Å². The molecule has 4 rings (SSSR count). The van der Waals surface area contributed by atoms with Crippen LogP contribution < -0.4 is 0 Å². The van der Waals surface area contributed by atoms with Crippen molar-refractivity contribution in [3.05, 3.63) is 94.1 Å². The summed E-state index contributed by atoms with van der Waals surface area (Å²) in [6.07, 6.45) is 20.0. The quantitative estimate of drug-likeness (QED) is 0.359. The van der Waals surface area contributed by atoms with Gasteiger partial charge in [0.05, 0.1) is 0 Å². The maximum atomic E-state index is 14.4. The van der Waals surface area contributed by atoms with Gasteiger partial charge in [0.25, 0.3) is 0 Å². The number of rotatable bonds is 7. The Balaban J connectivity index is 1.31. The standard InChI is InChI=1S/C32H40F2/c1-4-24-10-12-25(13-11-24)7-5-6-8-26-14-19-29(21-23(26)3)27-15-17-28(18-16-27)30-20-9-22(2)31(33)32(30)34/h5,7,9,14-15,17,19-21,24-25,27-28H,4,6,8,10-13,16,18H2,1-3H3/b7-5+. The highest BCUT2D eigenvalue weighted by molar-refractivity contribution is 5.37. The summed E-state index contributed by atoms with van der Waals surface area (Å²) in [6, 6.07) is 10.3. The van der Waals surface area contributed by atoms with Gasteiger partial charge in [-0.05, 0) is 105 Å². The highest BCUT2D eigenvalue weighted by atomic mass is 19.2. The molecule has 2 aliphatic rings. The summed E-state index contributed by atoms with van der Waals surface area (Å²) in [7, 11) is 0. The molecule has 2 aromatic rings. The average molecular weight is 463 g/mol. The van der Waals surface area contributed by atoms with E-state index in [1.54, 1.807) is 19.1 Å². The molecule has 1 fully saturated rings. The Kier molecular flexibility index (Phi) is 8.40. The summed E-state index contributed by atoms with van der Waals surface area (Å²) >= 11 is 0. The highest BCUT2D eigenvalue weighted by Gasteiger charge is 2.23. The molecule has 0 N–H and O–H groups in total.